The first-order valence-corrected chi connectivity index (χ1v) is 5.00. The molecule has 14 heavy (non-hydrogen) atoms. The number of hydrogen-bond acceptors (Lipinski definition) is 1. The Morgan fingerprint density at radius 3 is 2.57 bits per heavy atom. The van der Waals surface area contributed by atoms with E-state index >= 15 is 0 Å². The number of hydrogen-bond donors (Lipinski definition) is 1. The van der Waals surface area contributed by atoms with E-state index in [1.165, 1.54) is 5.56 Å². The zero-order valence-corrected chi connectivity index (χ0v) is 8.89. The molecule has 1 unspecified atom stereocenters. The van der Waals surface area contributed by atoms with Gasteiger partial charge in [-0.15, -0.1) is 0 Å². The number of benzene rings is 1. The first-order valence-electron chi connectivity index (χ1n) is 5.00. The van der Waals surface area contributed by atoms with Crippen LogP contribution in [0.5, 0.6) is 0 Å². The monoisotopic (exact) mass is 193 g/mol. The van der Waals surface area contributed by atoms with Gasteiger partial charge in [-0.3, -0.25) is 0 Å². The second kappa shape index (κ2) is 3.06. The highest BCUT2D eigenvalue weighted by Gasteiger charge is 2.38. The minimum atomic E-state index is -0.120. The van der Waals surface area contributed by atoms with Gasteiger partial charge in [-0.1, -0.05) is 26.0 Å². The molecular formula is C12H16FN. The Bertz CT molecular complexity index is 357. The van der Waals surface area contributed by atoms with Crippen LogP contribution >= 0.6 is 0 Å². The fraction of sp³-hybridized carbons (Fsp3) is 0.500. The van der Waals surface area contributed by atoms with Crippen LogP contribution in [-0.4, -0.2) is 6.54 Å². The maximum Gasteiger partial charge on any atom is 0.126 e. The average Bonchev–Trinajstić information content (AvgIpc) is 2.10. The van der Waals surface area contributed by atoms with Crippen LogP contribution in [0.4, 0.5) is 4.39 Å². The van der Waals surface area contributed by atoms with Crippen molar-refractivity contribution < 1.29 is 4.39 Å². The van der Waals surface area contributed by atoms with Gasteiger partial charge in [0.05, 0.1) is 0 Å². The smallest absolute Gasteiger partial charge is 0.126 e. The Hall–Kier alpha value is -0.890. The molecule has 0 saturated carbocycles. The lowest BCUT2D eigenvalue weighted by Crippen LogP contribution is -2.52. The third-order valence-electron chi connectivity index (χ3n) is 3.06. The molecule has 2 heteroatoms. The lowest BCUT2D eigenvalue weighted by Gasteiger charge is -2.46. The predicted molar refractivity (Wildman–Crippen MR) is 55.7 cm³/mol. The average molecular weight is 193 g/mol. The molecule has 1 N–H and O–H groups in total. The van der Waals surface area contributed by atoms with Gasteiger partial charge in [-0.2, -0.15) is 0 Å². The van der Waals surface area contributed by atoms with Gasteiger partial charge in [-0.05, 0) is 29.5 Å². The van der Waals surface area contributed by atoms with Gasteiger partial charge >= 0.3 is 0 Å². The summed E-state index contributed by atoms with van der Waals surface area (Å²) in [6, 6.07) is 5.75. The van der Waals surface area contributed by atoms with Crippen LogP contribution < -0.4 is 5.32 Å². The van der Waals surface area contributed by atoms with Gasteiger partial charge < -0.3 is 5.32 Å². The fourth-order valence-electron chi connectivity index (χ4n) is 2.03. The molecule has 1 fully saturated rings. The summed E-state index contributed by atoms with van der Waals surface area (Å²) in [4.78, 5) is 0. The van der Waals surface area contributed by atoms with Crippen LogP contribution in [0, 0.1) is 18.2 Å². The topological polar surface area (TPSA) is 12.0 Å². The molecule has 1 aliphatic rings. The summed E-state index contributed by atoms with van der Waals surface area (Å²) in [5.74, 6) is -0.120. The molecule has 0 spiro atoms. The molecule has 0 radical (unpaired) electrons. The molecule has 0 bridgehead atoms. The number of nitrogens with one attached hydrogen (secondary N) is 1. The first kappa shape index (κ1) is 9.66. The van der Waals surface area contributed by atoms with E-state index < -0.39 is 0 Å². The first-order chi connectivity index (χ1) is 6.50. The Morgan fingerprint density at radius 1 is 1.43 bits per heavy atom. The molecule has 2 rings (SSSR count). The third-order valence-corrected chi connectivity index (χ3v) is 3.06. The van der Waals surface area contributed by atoms with Crippen LogP contribution in [-0.2, 0) is 0 Å². The Kier molecular flexibility index (Phi) is 2.11. The van der Waals surface area contributed by atoms with Gasteiger partial charge in [0.2, 0.25) is 0 Å². The summed E-state index contributed by atoms with van der Waals surface area (Å²) in [5.41, 5.74) is 2.22. The maximum absolute atomic E-state index is 13.1. The SMILES string of the molecule is Cc1cc(C2NCC2(C)C)ccc1F. The summed E-state index contributed by atoms with van der Waals surface area (Å²) in [6.45, 7) is 7.30. The second-order valence-electron chi connectivity index (χ2n) is 4.81. The van der Waals surface area contributed by atoms with Gasteiger partial charge in [0, 0.05) is 12.6 Å². The Labute approximate surface area is 84.3 Å². The lowest BCUT2D eigenvalue weighted by atomic mass is 9.74. The van der Waals surface area contributed by atoms with E-state index in [0.717, 1.165) is 12.1 Å². The highest BCUT2D eigenvalue weighted by Crippen LogP contribution is 2.40. The Balaban J connectivity index is 2.30. The zero-order chi connectivity index (χ0) is 10.3. The standard InChI is InChI=1S/C12H16FN/c1-8-6-9(4-5-10(8)13)11-12(2,3)7-14-11/h4-6,11,14H,7H2,1-3H3. The molecule has 76 valence electrons. The van der Waals surface area contributed by atoms with Crippen molar-refractivity contribution in [1.82, 2.24) is 5.32 Å². The molecule has 1 heterocycles. The molecule has 0 amide bonds. The predicted octanol–water partition coefficient (Wildman–Crippen LogP) is 2.80. The minimum Gasteiger partial charge on any atom is -0.309 e. The fourth-order valence-corrected chi connectivity index (χ4v) is 2.03. The summed E-state index contributed by atoms with van der Waals surface area (Å²) >= 11 is 0. The molecule has 1 nitrogen and oxygen atoms in total. The molecular weight excluding hydrogens is 177 g/mol. The van der Waals surface area contributed by atoms with Gasteiger partial charge in [0.15, 0.2) is 0 Å². The molecule has 1 aliphatic heterocycles. The van der Waals surface area contributed by atoms with E-state index in [1.54, 1.807) is 6.07 Å². The van der Waals surface area contributed by atoms with Gasteiger partial charge in [-0.25, -0.2) is 4.39 Å². The van der Waals surface area contributed by atoms with Crippen molar-refractivity contribution in [2.45, 2.75) is 26.8 Å². The number of rotatable bonds is 1. The van der Waals surface area contributed by atoms with E-state index in [-0.39, 0.29) is 5.82 Å². The van der Waals surface area contributed by atoms with Gasteiger partial charge in [0.1, 0.15) is 5.82 Å². The largest absolute Gasteiger partial charge is 0.309 e. The van der Waals surface area contributed by atoms with Crippen LogP contribution in [0.15, 0.2) is 18.2 Å². The molecule has 1 aromatic rings. The van der Waals surface area contributed by atoms with Crippen LogP contribution in [0.2, 0.25) is 0 Å². The van der Waals surface area contributed by atoms with E-state index in [4.69, 9.17) is 0 Å². The molecule has 1 atom stereocenters. The minimum absolute atomic E-state index is 0.120. The summed E-state index contributed by atoms with van der Waals surface area (Å²) in [5, 5.41) is 3.38. The van der Waals surface area contributed by atoms with Crippen LogP contribution in [0.25, 0.3) is 0 Å². The summed E-state index contributed by atoms with van der Waals surface area (Å²) < 4.78 is 13.1. The van der Waals surface area contributed by atoms with Crippen molar-refractivity contribution in [1.29, 1.82) is 0 Å². The summed E-state index contributed by atoms with van der Waals surface area (Å²) in [6.07, 6.45) is 0. The molecule has 0 aromatic heterocycles. The number of halogens is 1. The van der Waals surface area contributed by atoms with E-state index in [9.17, 15) is 4.39 Å². The van der Waals surface area contributed by atoms with Gasteiger partial charge in [0.25, 0.3) is 0 Å². The molecule has 1 saturated heterocycles. The van der Waals surface area contributed by atoms with Crippen molar-refractivity contribution in [2.24, 2.45) is 5.41 Å². The maximum atomic E-state index is 13.1. The van der Waals surface area contributed by atoms with E-state index in [0.29, 0.717) is 11.5 Å². The lowest BCUT2D eigenvalue weighted by molar-refractivity contribution is 0.128. The van der Waals surface area contributed by atoms with Crippen molar-refractivity contribution >= 4 is 0 Å². The van der Waals surface area contributed by atoms with Crippen molar-refractivity contribution in [2.75, 3.05) is 6.54 Å². The van der Waals surface area contributed by atoms with E-state index in [2.05, 4.69) is 19.2 Å². The second-order valence-corrected chi connectivity index (χ2v) is 4.81. The highest BCUT2D eigenvalue weighted by molar-refractivity contribution is 5.29. The third kappa shape index (κ3) is 1.44. The molecule has 1 aromatic carbocycles. The summed E-state index contributed by atoms with van der Waals surface area (Å²) in [7, 11) is 0. The Morgan fingerprint density at radius 2 is 2.14 bits per heavy atom. The van der Waals surface area contributed by atoms with Crippen molar-refractivity contribution in [3.05, 3.63) is 35.1 Å². The van der Waals surface area contributed by atoms with E-state index in [1.807, 2.05) is 19.1 Å². The molecule has 0 aliphatic carbocycles. The quantitative estimate of drug-likeness (QED) is 0.723. The van der Waals surface area contributed by atoms with Crippen molar-refractivity contribution in [3.63, 3.8) is 0 Å². The van der Waals surface area contributed by atoms with Crippen molar-refractivity contribution in [3.8, 4) is 0 Å². The zero-order valence-electron chi connectivity index (χ0n) is 8.89. The highest BCUT2D eigenvalue weighted by atomic mass is 19.1. The van der Waals surface area contributed by atoms with Crippen LogP contribution in [0.1, 0.15) is 31.0 Å². The number of aryl methyl sites for hydroxylation is 1. The normalized spacial score (nSPS) is 24.4. The van der Waals surface area contributed by atoms with Crippen LogP contribution in [0.3, 0.4) is 0 Å².